The van der Waals surface area contributed by atoms with Crippen molar-refractivity contribution < 1.29 is 13.6 Å². The molecular formula is C23H21NO3. The molecule has 4 heteroatoms. The average molecular weight is 359 g/mol. The first-order chi connectivity index (χ1) is 13.2. The minimum absolute atomic E-state index is 0.0244. The highest BCUT2D eigenvalue weighted by Gasteiger charge is 2.16. The van der Waals surface area contributed by atoms with Crippen LogP contribution >= 0.6 is 0 Å². The van der Waals surface area contributed by atoms with E-state index in [0.29, 0.717) is 6.54 Å². The molecule has 0 unspecified atom stereocenters. The van der Waals surface area contributed by atoms with Crippen molar-refractivity contribution in [1.82, 2.24) is 5.32 Å². The minimum Gasteiger partial charge on any atom is -0.464 e. The van der Waals surface area contributed by atoms with E-state index in [4.69, 9.17) is 8.83 Å². The molecule has 1 N–H and O–H groups in total. The Kier molecular flexibility index (Phi) is 4.79. The Morgan fingerprint density at radius 2 is 1.89 bits per heavy atom. The van der Waals surface area contributed by atoms with Crippen molar-refractivity contribution in [3.63, 3.8) is 0 Å². The van der Waals surface area contributed by atoms with Gasteiger partial charge in [0.05, 0.1) is 6.26 Å². The van der Waals surface area contributed by atoms with Gasteiger partial charge < -0.3 is 14.2 Å². The molecule has 4 rings (SSSR count). The molecule has 0 saturated heterocycles. The van der Waals surface area contributed by atoms with Crippen LogP contribution in [0.3, 0.4) is 0 Å². The lowest BCUT2D eigenvalue weighted by Gasteiger charge is -2.05. The molecule has 4 aromatic rings. The zero-order valence-electron chi connectivity index (χ0n) is 15.2. The van der Waals surface area contributed by atoms with Gasteiger partial charge in [-0.2, -0.15) is 0 Å². The molecule has 0 aliphatic rings. The van der Waals surface area contributed by atoms with E-state index in [1.54, 1.807) is 6.26 Å². The molecule has 4 nitrogen and oxygen atoms in total. The van der Waals surface area contributed by atoms with Crippen molar-refractivity contribution in [1.29, 1.82) is 0 Å². The standard InChI is InChI=1S/C23H21NO3/c1-16(25)24-12-11-19-20-15-18(21-8-5-13-26-21)9-10-22(20)27-23(19)14-17-6-3-2-4-7-17/h2-10,13,15H,11-12,14H2,1H3,(H,24,25). The predicted octanol–water partition coefficient (Wildman–Crippen LogP) is 4.96. The summed E-state index contributed by atoms with van der Waals surface area (Å²) in [6, 6.07) is 20.2. The Hall–Kier alpha value is -3.27. The van der Waals surface area contributed by atoms with Crippen LogP contribution in [0.1, 0.15) is 23.8 Å². The second-order valence-electron chi connectivity index (χ2n) is 6.59. The quantitative estimate of drug-likeness (QED) is 0.529. The Labute approximate surface area is 157 Å². The van der Waals surface area contributed by atoms with Crippen LogP contribution in [0.15, 0.2) is 75.8 Å². The van der Waals surface area contributed by atoms with E-state index in [0.717, 1.165) is 46.5 Å². The fourth-order valence-electron chi connectivity index (χ4n) is 3.36. The first-order valence-corrected chi connectivity index (χ1v) is 9.07. The molecule has 0 fully saturated rings. The van der Waals surface area contributed by atoms with Gasteiger partial charge in [0.25, 0.3) is 0 Å². The lowest BCUT2D eigenvalue weighted by atomic mass is 10.0. The molecule has 27 heavy (non-hydrogen) atoms. The topological polar surface area (TPSA) is 55.4 Å². The van der Waals surface area contributed by atoms with Crippen molar-refractivity contribution >= 4 is 16.9 Å². The summed E-state index contributed by atoms with van der Waals surface area (Å²) in [6.07, 6.45) is 3.12. The van der Waals surface area contributed by atoms with E-state index in [9.17, 15) is 4.79 Å². The van der Waals surface area contributed by atoms with E-state index in [1.807, 2.05) is 42.5 Å². The first kappa shape index (κ1) is 17.2. The van der Waals surface area contributed by atoms with E-state index in [-0.39, 0.29) is 5.91 Å². The van der Waals surface area contributed by atoms with Gasteiger partial charge in [-0.15, -0.1) is 0 Å². The molecule has 2 aromatic carbocycles. The van der Waals surface area contributed by atoms with E-state index < -0.39 is 0 Å². The van der Waals surface area contributed by atoms with Gasteiger partial charge in [0.1, 0.15) is 17.1 Å². The van der Waals surface area contributed by atoms with Gasteiger partial charge in [-0.05, 0) is 42.3 Å². The van der Waals surface area contributed by atoms with Gasteiger partial charge in [0.15, 0.2) is 0 Å². The third-order valence-corrected chi connectivity index (χ3v) is 4.64. The molecule has 2 aromatic heterocycles. The van der Waals surface area contributed by atoms with Crippen molar-refractivity contribution in [2.75, 3.05) is 6.54 Å². The van der Waals surface area contributed by atoms with Crippen LogP contribution in [0.5, 0.6) is 0 Å². The second-order valence-corrected chi connectivity index (χ2v) is 6.59. The monoisotopic (exact) mass is 359 g/mol. The number of fused-ring (bicyclic) bond motifs is 1. The number of benzene rings is 2. The number of amides is 1. The summed E-state index contributed by atoms with van der Waals surface area (Å²) in [5.74, 6) is 1.75. The Bertz CT molecular complexity index is 1050. The molecule has 0 aliphatic carbocycles. The highest BCUT2D eigenvalue weighted by molar-refractivity contribution is 5.87. The highest BCUT2D eigenvalue weighted by Crippen LogP contribution is 2.32. The van der Waals surface area contributed by atoms with Crippen LogP contribution in [0.4, 0.5) is 0 Å². The number of carbonyl (C=O) groups excluding carboxylic acids is 1. The fourth-order valence-corrected chi connectivity index (χ4v) is 3.36. The summed E-state index contributed by atoms with van der Waals surface area (Å²) in [5.41, 5.74) is 4.20. The van der Waals surface area contributed by atoms with Gasteiger partial charge in [-0.25, -0.2) is 0 Å². The third kappa shape index (κ3) is 3.80. The SMILES string of the molecule is CC(=O)NCCc1c(Cc2ccccc2)oc2ccc(-c3ccco3)cc12. The Morgan fingerprint density at radius 3 is 2.63 bits per heavy atom. The first-order valence-electron chi connectivity index (χ1n) is 9.07. The summed E-state index contributed by atoms with van der Waals surface area (Å²) in [5, 5.41) is 3.95. The number of carbonyl (C=O) groups is 1. The normalized spacial score (nSPS) is 11.0. The highest BCUT2D eigenvalue weighted by atomic mass is 16.3. The fraction of sp³-hybridized carbons (Fsp3) is 0.174. The predicted molar refractivity (Wildman–Crippen MR) is 106 cm³/mol. The minimum atomic E-state index is -0.0244. The van der Waals surface area contributed by atoms with Gasteiger partial charge in [0.2, 0.25) is 5.91 Å². The summed E-state index contributed by atoms with van der Waals surface area (Å²) in [6.45, 7) is 2.12. The molecule has 0 saturated carbocycles. The number of rotatable bonds is 6. The molecule has 0 radical (unpaired) electrons. The Morgan fingerprint density at radius 1 is 1.04 bits per heavy atom. The Balaban J connectivity index is 1.74. The second kappa shape index (κ2) is 7.54. The van der Waals surface area contributed by atoms with Crippen LogP contribution in [0.25, 0.3) is 22.3 Å². The summed E-state index contributed by atoms with van der Waals surface area (Å²) < 4.78 is 11.7. The van der Waals surface area contributed by atoms with Gasteiger partial charge in [-0.3, -0.25) is 4.79 Å². The molecule has 136 valence electrons. The number of nitrogens with one attached hydrogen (secondary N) is 1. The lowest BCUT2D eigenvalue weighted by molar-refractivity contribution is -0.118. The summed E-state index contributed by atoms with van der Waals surface area (Å²) >= 11 is 0. The van der Waals surface area contributed by atoms with Gasteiger partial charge in [-0.1, -0.05) is 30.3 Å². The van der Waals surface area contributed by atoms with Gasteiger partial charge in [0, 0.05) is 36.4 Å². The van der Waals surface area contributed by atoms with Crippen LogP contribution in [0, 0.1) is 0 Å². The molecule has 1 amide bonds. The van der Waals surface area contributed by atoms with Crippen LogP contribution in [-0.4, -0.2) is 12.5 Å². The lowest BCUT2D eigenvalue weighted by Crippen LogP contribution is -2.22. The average Bonchev–Trinajstić information content (AvgIpc) is 3.31. The molecule has 0 atom stereocenters. The van der Waals surface area contributed by atoms with Crippen molar-refractivity contribution in [3.8, 4) is 11.3 Å². The zero-order valence-corrected chi connectivity index (χ0v) is 15.2. The molecule has 0 spiro atoms. The van der Waals surface area contributed by atoms with Crippen LogP contribution in [-0.2, 0) is 17.6 Å². The van der Waals surface area contributed by atoms with Crippen LogP contribution in [0.2, 0.25) is 0 Å². The maximum absolute atomic E-state index is 11.3. The molecule has 2 heterocycles. The number of furan rings is 2. The van der Waals surface area contributed by atoms with Gasteiger partial charge >= 0.3 is 0 Å². The smallest absolute Gasteiger partial charge is 0.216 e. The third-order valence-electron chi connectivity index (χ3n) is 4.64. The van der Waals surface area contributed by atoms with E-state index in [2.05, 4.69) is 23.5 Å². The maximum Gasteiger partial charge on any atom is 0.216 e. The van der Waals surface area contributed by atoms with E-state index in [1.165, 1.54) is 12.5 Å². The van der Waals surface area contributed by atoms with Crippen molar-refractivity contribution in [3.05, 3.63) is 83.8 Å². The molecule has 0 aliphatic heterocycles. The molecule has 0 bridgehead atoms. The number of hydrogen-bond acceptors (Lipinski definition) is 3. The van der Waals surface area contributed by atoms with E-state index >= 15 is 0 Å². The molecular weight excluding hydrogens is 338 g/mol. The zero-order chi connectivity index (χ0) is 18.6. The van der Waals surface area contributed by atoms with Crippen molar-refractivity contribution in [2.45, 2.75) is 19.8 Å². The summed E-state index contributed by atoms with van der Waals surface area (Å²) in [4.78, 5) is 11.3. The largest absolute Gasteiger partial charge is 0.464 e. The van der Waals surface area contributed by atoms with Crippen LogP contribution < -0.4 is 5.32 Å². The maximum atomic E-state index is 11.3. The van der Waals surface area contributed by atoms with Crippen molar-refractivity contribution in [2.24, 2.45) is 0 Å². The number of hydrogen-bond donors (Lipinski definition) is 1. The summed E-state index contributed by atoms with van der Waals surface area (Å²) in [7, 11) is 0.